The molecule has 1 N–H and O–H groups in total. The number of hydrogen-bond donors (Lipinski definition) is 1. The van der Waals surface area contributed by atoms with Crippen molar-refractivity contribution >= 4 is 17.3 Å². The summed E-state index contributed by atoms with van der Waals surface area (Å²) in [4.78, 5) is 18.2. The van der Waals surface area contributed by atoms with Gasteiger partial charge in [-0.15, -0.1) is 5.10 Å². The summed E-state index contributed by atoms with van der Waals surface area (Å²) in [5.74, 6) is 0. The molecule has 0 amide bonds. The van der Waals surface area contributed by atoms with Gasteiger partial charge >= 0.3 is 0 Å². The van der Waals surface area contributed by atoms with E-state index in [2.05, 4.69) is 45.4 Å². The molecule has 0 unspecified atom stereocenters. The first kappa shape index (κ1) is 17.7. The highest BCUT2D eigenvalue weighted by Gasteiger charge is 2.27. The third-order valence-corrected chi connectivity index (χ3v) is 5.39. The fraction of sp³-hybridized carbons (Fsp3) is 0.389. The molecule has 1 aliphatic heterocycles. The van der Waals surface area contributed by atoms with Crippen molar-refractivity contribution in [2.24, 2.45) is 0 Å². The van der Waals surface area contributed by atoms with Gasteiger partial charge in [-0.3, -0.25) is 9.78 Å². The largest absolute Gasteiger partial charge is 0.362 e. The molecule has 1 atom stereocenters. The van der Waals surface area contributed by atoms with Crippen LogP contribution in [0.4, 0.5) is 5.69 Å². The van der Waals surface area contributed by atoms with E-state index in [0.717, 1.165) is 35.5 Å². The monoisotopic (exact) mass is 385 g/mol. The molecule has 0 fully saturated rings. The number of aromatic nitrogens is 6. The lowest BCUT2D eigenvalue weighted by molar-refractivity contribution is 0.512. The van der Waals surface area contributed by atoms with Crippen LogP contribution in [0.1, 0.15) is 42.5 Å². The standard InChI is InChI=1S/C18H20ClN7O/c1-3-13-12(5-4-7-20-13)11(2)26-15-6-8-25(10-14(15)22-24-26)16-9-21-23-18(27)17(16)19/h4-5,7,9,11H,3,6,8,10H2,1-2H3,(H,23,27)/t11-/m0/s1. The number of pyridine rings is 1. The number of anilines is 1. The van der Waals surface area contributed by atoms with Gasteiger partial charge in [0.05, 0.1) is 30.2 Å². The highest BCUT2D eigenvalue weighted by Crippen LogP contribution is 2.29. The van der Waals surface area contributed by atoms with Crippen LogP contribution < -0.4 is 10.5 Å². The summed E-state index contributed by atoms with van der Waals surface area (Å²) in [6, 6.07) is 4.11. The fourth-order valence-electron chi connectivity index (χ4n) is 3.60. The molecule has 3 aromatic heterocycles. The van der Waals surface area contributed by atoms with Crippen LogP contribution in [0, 0.1) is 0 Å². The van der Waals surface area contributed by atoms with Crippen LogP contribution in [-0.4, -0.2) is 36.7 Å². The van der Waals surface area contributed by atoms with Crippen LogP contribution in [0.15, 0.2) is 29.3 Å². The maximum absolute atomic E-state index is 11.7. The summed E-state index contributed by atoms with van der Waals surface area (Å²) in [6.45, 7) is 5.48. The second kappa shape index (κ2) is 7.11. The number of aromatic amines is 1. The molecule has 4 rings (SSSR count). The molecule has 140 valence electrons. The number of rotatable bonds is 4. The van der Waals surface area contributed by atoms with Gasteiger partial charge in [-0.25, -0.2) is 9.78 Å². The molecule has 0 bridgehead atoms. The number of nitrogens with one attached hydrogen (secondary N) is 1. The average molecular weight is 386 g/mol. The van der Waals surface area contributed by atoms with Gasteiger partial charge in [0.15, 0.2) is 0 Å². The van der Waals surface area contributed by atoms with Gasteiger partial charge in [-0.05, 0) is 25.0 Å². The van der Waals surface area contributed by atoms with Gasteiger partial charge in [-0.2, -0.15) is 5.10 Å². The van der Waals surface area contributed by atoms with Crippen LogP contribution >= 0.6 is 11.6 Å². The Morgan fingerprint density at radius 1 is 1.41 bits per heavy atom. The quantitative estimate of drug-likeness (QED) is 0.739. The lowest BCUT2D eigenvalue weighted by Gasteiger charge is -2.29. The van der Waals surface area contributed by atoms with Crippen molar-refractivity contribution in [3.63, 3.8) is 0 Å². The molecule has 3 aromatic rings. The van der Waals surface area contributed by atoms with E-state index in [-0.39, 0.29) is 16.6 Å². The van der Waals surface area contributed by atoms with Crippen LogP contribution in [0.3, 0.4) is 0 Å². The van der Waals surface area contributed by atoms with E-state index in [1.165, 1.54) is 0 Å². The molecular formula is C18H20ClN7O. The predicted molar refractivity (Wildman–Crippen MR) is 102 cm³/mol. The van der Waals surface area contributed by atoms with Gasteiger partial charge in [0.2, 0.25) is 0 Å². The summed E-state index contributed by atoms with van der Waals surface area (Å²) in [5, 5.41) is 15.2. The minimum Gasteiger partial charge on any atom is -0.362 e. The first-order valence-corrected chi connectivity index (χ1v) is 9.32. The Hall–Kier alpha value is -2.74. The van der Waals surface area contributed by atoms with Crippen LogP contribution in [0.25, 0.3) is 0 Å². The molecule has 0 radical (unpaired) electrons. The number of H-pyrrole nitrogens is 1. The summed E-state index contributed by atoms with van der Waals surface area (Å²) in [5.41, 5.74) is 4.48. The van der Waals surface area contributed by atoms with Crippen LogP contribution in [0.2, 0.25) is 5.02 Å². The zero-order valence-corrected chi connectivity index (χ0v) is 15.9. The van der Waals surface area contributed by atoms with E-state index in [9.17, 15) is 4.79 Å². The Labute approximate surface area is 161 Å². The molecule has 8 nitrogen and oxygen atoms in total. The molecule has 27 heavy (non-hydrogen) atoms. The lowest BCUT2D eigenvalue weighted by atomic mass is 10.0. The second-order valence-electron chi connectivity index (χ2n) is 6.57. The van der Waals surface area contributed by atoms with Crippen molar-refractivity contribution in [2.45, 2.75) is 39.3 Å². The van der Waals surface area contributed by atoms with E-state index >= 15 is 0 Å². The van der Waals surface area contributed by atoms with Crippen molar-refractivity contribution in [1.29, 1.82) is 0 Å². The van der Waals surface area contributed by atoms with Crippen LogP contribution in [0.5, 0.6) is 0 Å². The topological polar surface area (TPSA) is 92.6 Å². The van der Waals surface area contributed by atoms with Crippen molar-refractivity contribution < 1.29 is 0 Å². The van der Waals surface area contributed by atoms with E-state index in [4.69, 9.17) is 11.6 Å². The summed E-state index contributed by atoms with van der Waals surface area (Å²) in [6.07, 6.45) is 5.03. The van der Waals surface area contributed by atoms with Gasteiger partial charge < -0.3 is 4.90 Å². The second-order valence-corrected chi connectivity index (χ2v) is 6.94. The fourth-order valence-corrected chi connectivity index (χ4v) is 3.81. The smallest absolute Gasteiger partial charge is 0.285 e. The zero-order chi connectivity index (χ0) is 19.0. The van der Waals surface area contributed by atoms with Gasteiger partial charge in [0.1, 0.15) is 10.7 Å². The Morgan fingerprint density at radius 3 is 3.07 bits per heavy atom. The van der Waals surface area contributed by atoms with Crippen molar-refractivity contribution in [3.05, 3.63) is 62.5 Å². The Balaban J connectivity index is 1.64. The highest BCUT2D eigenvalue weighted by atomic mass is 35.5. The third kappa shape index (κ3) is 3.10. The maximum atomic E-state index is 11.7. The molecule has 0 saturated carbocycles. The number of fused-ring (bicyclic) bond motifs is 1. The van der Waals surface area contributed by atoms with Crippen molar-refractivity contribution in [2.75, 3.05) is 11.4 Å². The Kier molecular flexibility index (Phi) is 4.65. The molecular weight excluding hydrogens is 366 g/mol. The number of hydrogen-bond acceptors (Lipinski definition) is 6. The Bertz CT molecular complexity index is 1030. The molecule has 0 aromatic carbocycles. The minimum atomic E-state index is -0.388. The molecule has 0 spiro atoms. The van der Waals surface area contributed by atoms with Gasteiger partial charge in [-0.1, -0.05) is 29.8 Å². The summed E-state index contributed by atoms with van der Waals surface area (Å²) < 4.78 is 1.99. The summed E-state index contributed by atoms with van der Waals surface area (Å²) >= 11 is 6.15. The number of halogens is 1. The van der Waals surface area contributed by atoms with E-state index in [1.54, 1.807) is 6.20 Å². The van der Waals surface area contributed by atoms with E-state index < -0.39 is 0 Å². The van der Waals surface area contributed by atoms with Crippen LogP contribution in [-0.2, 0) is 19.4 Å². The molecule has 4 heterocycles. The summed E-state index contributed by atoms with van der Waals surface area (Å²) in [7, 11) is 0. The lowest BCUT2D eigenvalue weighted by Crippen LogP contribution is -2.33. The predicted octanol–water partition coefficient (Wildman–Crippen LogP) is 2.14. The molecule has 0 saturated heterocycles. The van der Waals surface area contributed by atoms with Gasteiger partial charge in [0.25, 0.3) is 5.56 Å². The number of aryl methyl sites for hydroxylation is 1. The normalized spacial score (nSPS) is 14.9. The minimum absolute atomic E-state index is 0.0567. The zero-order valence-electron chi connectivity index (χ0n) is 15.2. The highest BCUT2D eigenvalue weighted by molar-refractivity contribution is 6.32. The van der Waals surface area contributed by atoms with Crippen molar-refractivity contribution in [1.82, 2.24) is 30.2 Å². The average Bonchev–Trinajstić information content (AvgIpc) is 3.12. The van der Waals surface area contributed by atoms with E-state index in [0.29, 0.717) is 18.8 Å². The molecule has 9 heteroatoms. The molecule has 1 aliphatic rings. The number of nitrogens with zero attached hydrogens (tertiary/aromatic N) is 6. The first-order chi connectivity index (χ1) is 13.1. The maximum Gasteiger partial charge on any atom is 0.285 e. The SMILES string of the molecule is CCc1ncccc1[C@H](C)n1nnc2c1CCN(c1cn[nH]c(=O)c1Cl)C2. The van der Waals surface area contributed by atoms with Gasteiger partial charge in [0, 0.05) is 24.9 Å². The van der Waals surface area contributed by atoms with E-state index in [1.807, 2.05) is 21.8 Å². The van der Waals surface area contributed by atoms with Crippen molar-refractivity contribution in [3.8, 4) is 0 Å². The third-order valence-electron chi connectivity index (χ3n) is 5.03. The first-order valence-electron chi connectivity index (χ1n) is 8.95. The molecule has 0 aliphatic carbocycles. The Morgan fingerprint density at radius 2 is 2.26 bits per heavy atom.